The van der Waals surface area contributed by atoms with Crippen LogP contribution in [0, 0.1) is 17.8 Å². The fourth-order valence-electron chi connectivity index (χ4n) is 4.42. The zero-order chi connectivity index (χ0) is 19.8. The topological polar surface area (TPSA) is 64.7 Å². The van der Waals surface area contributed by atoms with Gasteiger partial charge in [-0.1, -0.05) is 6.92 Å². The maximum Gasteiger partial charge on any atom is 0.391 e. The second-order valence-corrected chi connectivity index (χ2v) is 8.41. The molecule has 3 rings (SSSR count). The molecule has 3 aliphatic rings. The summed E-state index contributed by atoms with van der Waals surface area (Å²) >= 11 is 6.17. The molecule has 2 amide bonds. The van der Waals surface area contributed by atoms with Crippen LogP contribution in [0.25, 0.3) is 0 Å². The van der Waals surface area contributed by atoms with Gasteiger partial charge in [-0.05, 0) is 31.1 Å². The van der Waals surface area contributed by atoms with Crippen LogP contribution in [-0.4, -0.2) is 71.9 Å². The largest absolute Gasteiger partial charge is 0.391 e. The second kappa shape index (κ2) is 8.13. The highest BCUT2D eigenvalue weighted by molar-refractivity contribution is 6.31. The van der Waals surface area contributed by atoms with Crippen LogP contribution < -0.4 is 10.9 Å². The molecule has 0 radical (unpaired) electrons. The summed E-state index contributed by atoms with van der Waals surface area (Å²) in [6, 6.07) is -0.257. The van der Waals surface area contributed by atoms with E-state index in [1.165, 1.54) is 0 Å². The van der Waals surface area contributed by atoms with Gasteiger partial charge in [0.05, 0.1) is 12.5 Å². The molecule has 6 nitrogen and oxygen atoms in total. The summed E-state index contributed by atoms with van der Waals surface area (Å²) in [5.74, 6) is -1.54. The Bertz CT molecular complexity index is 577. The molecule has 154 valence electrons. The van der Waals surface area contributed by atoms with Gasteiger partial charge in [-0.15, -0.1) is 11.6 Å². The van der Waals surface area contributed by atoms with Gasteiger partial charge in [0, 0.05) is 32.2 Å². The van der Waals surface area contributed by atoms with E-state index in [1.807, 2.05) is 11.8 Å². The molecule has 2 N–H and O–H groups in total. The fourth-order valence-corrected chi connectivity index (χ4v) is 4.72. The number of halogens is 4. The summed E-state index contributed by atoms with van der Waals surface area (Å²) in [7, 11) is 0. The summed E-state index contributed by atoms with van der Waals surface area (Å²) in [5.41, 5.74) is 5.25. The fraction of sp³-hybridized carbons (Fsp3) is 0.882. The number of nitrogens with zero attached hydrogens (tertiary/aromatic N) is 2. The molecule has 5 atom stereocenters. The zero-order valence-corrected chi connectivity index (χ0v) is 16.0. The Morgan fingerprint density at radius 1 is 1.22 bits per heavy atom. The summed E-state index contributed by atoms with van der Waals surface area (Å²) in [6.07, 6.45) is -3.35. The van der Waals surface area contributed by atoms with Crippen LogP contribution in [0.5, 0.6) is 0 Å². The van der Waals surface area contributed by atoms with Gasteiger partial charge >= 0.3 is 6.18 Å². The molecule has 2 heterocycles. The van der Waals surface area contributed by atoms with Crippen LogP contribution in [-0.2, 0) is 9.59 Å². The van der Waals surface area contributed by atoms with Crippen molar-refractivity contribution in [1.29, 1.82) is 0 Å². The first-order chi connectivity index (χ1) is 12.7. The van der Waals surface area contributed by atoms with Gasteiger partial charge in [0.15, 0.2) is 0 Å². The molecule has 0 aromatic heterocycles. The minimum absolute atomic E-state index is 0.0544. The number of carbonyl (C=O) groups is 2. The Hall–Kier alpha value is -1.06. The molecular formula is C17H26ClF3N4O2. The average Bonchev–Trinajstić information content (AvgIpc) is 2.60. The van der Waals surface area contributed by atoms with Gasteiger partial charge in [-0.3, -0.25) is 19.9 Å². The highest BCUT2D eigenvalue weighted by atomic mass is 35.5. The highest BCUT2D eigenvalue weighted by Gasteiger charge is 2.44. The van der Waals surface area contributed by atoms with Gasteiger partial charge in [0.25, 0.3) is 5.91 Å². The molecule has 27 heavy (non-hydrogen) atoms. The van der Waals surface area contributed by atoms with Gasteiger partial charge in [-0.25, -0.2) is 5.43 Å². The third kappa shape index (κ3) is 4.68. The van der Waals surface area contributed by atoms with Crippen molar-refractivity contribution in [3.05, 3.63) is 0 Å². The van der Waals surface area contributed by atoms with E-state index < -0.39 is 17.5 Å². The monoisotopic (exact) mass is 410 g/mol. The molecule has 0 aromatic carbocycles. The normalized spacial score (nSPS) is 36.6. The van der Waals surface area contributed by atoms with Crippen LogP contribution in [0.15, 0.2) is 0 Å². The maximum absolute atomic E-state index is 12.9. The lowest BCUT2D eigenvalue weighted by Gasteiger charge is -2.43. The van der Waals surface area contributed by atoms with Crippen molar-refractivity contribution in [2.24, 2.45) is 17.8 Å². The van der Waals surface area contributed by atoms with Crippen LogP contribution in [0.4, 0.5) is 13.2 Å². The van der Waals surface area contributed by atoms with E-state index in [0.29, 0.717) is 32.6 Å². The second-order valence-electron chi connectivity index (χ2n) is 7.94. The van der Waals surface area contributed by atoms with E-state index in [4.69, 9.17) is 11.6 Å². The van der Waals surface area contributed by atoms with Crippen LogP contribution in [0.3, 0.4) is 0 Å². The smallest absolute Gasteiger partial charge is 0.340 e. The van der Waals surface area contributed by atoms with Crippen molar-refractivity contribution in [3.63, 3.8) is 0 Å². The Morgan fingerprint density at radius 3 is 2.59 bits per heavy atom. The highest BCUT2D eigenvalue weighted by Crippen LogP contribution is 2.42. The SMILES string of the molecule is CC1CC(C(F)(F)F)CCC1CN1CCN(C2CNNC(=O)C2Cl)CC1=O. The summed E-state index contributed by atoms with van der Waals surface area (Å²) in [4.78, 5) is 27.9. The van der Waals surface area contributed by atoms with Crippen molar-refractivity contribution < 1.29 is 22.8 Å². The number of hydrazine groups is 1. The Kier molecular flexibility index (Phi) is 6.22. The number of hydrogen-bond donors (Lipinski definition) is 2. The predicted octanol–water partition coefficient (Wildman–Crippen LogP) is 1.36. The molecule has 1 aliphatic carbocycles. The molecule has 3 fully saturated rings. The first-order valence-electron chi connectivity index (χ1n) is 9.42. The number of amides is 2. The number of piperazine rings is 1. The standard InChI is InChI=1S/C17H26ClF3N4O2/c1-10-6-12(17(19,20)21)3-2-11(10)8-25-5-4-24(9-14(25)26)13-7-22-23-16(27)15(13)18/h10-13,15,22H,2-9H2,1H3,(H,23,27). The molecule has 5 unspecified atom stereocenters. The van der Waals surface area contributed by atoms with E-state index >= 15 is 0 Å². The van der Waals surface area contributed by atoms with Crippen molar-refractivity contribution >= 4 is 23.4 Å². The number of alkyl halides is 4. The first-order valence-corrected chi connectivity index (χ1v) is 9.85. The lowest BCUT2D eigenvalue weighted by Crippen LogP contribution is -2.65. The maximum atomic E-state index is 12.9. The van der Waals surface area contributed by atoms with E-state index in [-0.39, 0.29) is 49.1 Å². The Morgan fingerprint density at radius 2 is 1.96 bits per heavy atom. The Labute approximate surface area is 161 Å². The number of carbonyl (C=O) groups excluding carboxylic acids is 2. The zero-order valence-electron chi connectivity index (χ0n) is 15.3. The molecule has 1 saturated carbocycles. The number of nitrogens with one attached hydrogen (secondary N) is 2. The minimum Gasteiger partial charge on any atom is -0.340 e. The third-order valence-corrected chi connectivity index (χ3v) is 6.68. The van der Waals surface area contributed by atoms with E-state index in [9.17, 15) is 22.8 Å². The molecule has 2 saturated heterocycles. The van der Waals surface area contributed by atoms with Crippen LogP contribution >= 0.6 is 11.6 Å². The van der Waals surface area contributed by atoms with Gasteiger partial charge in [0.2, 0.25) is 5.91 Å². The quantitative estimate of drug-likeness (QED) is 0.689. The molecule has 10 heteroatoms. The molecule has 0 bridgehead atoms. The van der Waals surface area contributed by atoms with Crippen molar-refractivity contribution in [2.75, 3.05) is 32.7 Å². The van der Waals surface area contributed by atoms with Gasteiger partial charge in [-0.2, -0.15) is 13.2 Å². The van der Waals surface area contributed by atoms with Crippen molar-refractivity contribution in [1.82, 2.24) is 20.7 Å². The number of rotatable bonds is 3. The lowest BCUT2D eigenvalue weighted by molar-refractivity contribution is -0.189. The van der Waals surface area contributed by atoms with Crippen LogP contribution in [0.2, 0.25) is 0 Å². The molecule has 2 aliphatic heterocycles. The van der Waals surface area contributed by atoms with Crippen molar-refractivity contribution in [2.45, 2.75) is 43.8 Å². The van der Waals surface area contributed by atoms with Crippen molar-refractivity contribution in [3.8, 4) is 0 Å². The van der Waals surface area contributed by atoms with E-state index in [2.05, 4.69) is 10.9 Å². The number of hydrogen-bond acceptors (Lipinski definition) is 4. The van der Waals surface area contributed by atoms with E-state index in [0.717, 1.165) is 0 Å². The predicted molar refractivity (Wildman–Crippen MR) is 93.8 cm³/mol. The molecule has 0 spiro atoms. The average molecular weight is 411 g/mol. The summed E-state index contributed by atoms with van der Waals surface area (Å²) in [6.45, 7) is 4.11. The van der Waals surface area contributed by atoms with Gasteiger partial charge in [0.1, 0.15) is 5.38 Å². The molecule has 0 aromatic rings. The minimum atomic E-state index is -4.13. The summed E-state index contributed by atoms with van der Waals surface area (Å²) < 4.78 is 38.8. The van der Waals surface area contributed by atoms with Gasteiger partial charge < -0.3 is 4.90 Å². The Balaban J connectivity index is 1.52. The summed E-state index contributed by atoms with van der Waals surface area (Å²) in [5, 5.41) is -0.719. The van der Waals surface area contributed by atoms with E-state index in [1.54, 1.807) is 4.90 Å². The third-order valence-electron chi connectivity index (χ3n) is 6.19. The van der Waals surface area contributed by atoms with Crippen LogP contribution in [0.1, 0.15) is 26.2 Å². The molecular weight excluding hydrogens is 385 g/mol. The first kappa shape index (κ1) is 20.7. The lowest BCUT2D eigenvalue weighted by atomic mass is 9.74.